The van der Waals surface area contributed by atoms with Gasteiger partial charge in [0.1, 0.15) is 11.5 Å². The van der Waals surface area contributed by atoms with Gasteiger partial charge in [-0.3, -0.25) is 4.79 Å². The second-order valence-electron chi connectivity index (χ2n) is 6.98. The molecule has 150 valence electrons. The fraction of sp³-hybridized carbons (Fsp3) is 0.261. The first-order valence-corrected chi connectivity index (χ1v) is 9.69. The second-order valence-corrected chi connectivity index (χ2v) is 6.98. The summed E-state index contributed by atoms with van der Waals surface area (Å²) < 4.78 is 10.8. The molecule has 29 heavy (non-hydrogen) atoms. The maximum absolute atomic E-state index is 13.1. The number of aromatic amines is 1. The minimum Gasteiger partial charge on any atom is -0.497 e. The SMILES string of the molecule is COc1cc(OC)cc(N2CCN(C(=O)c3cc[nH]c3-c3ccccc3)CC2)c1. The van der Waals surface area contributed by atoms with Crippen LogP contribution in [0.2, 0.25) is 0 Å². The van der Waals surface area contributed by atoms with Gasteiger partial charge in [0, 0.05) is 56.3 Å². The molecule has 0 unspecified atom stereocenters. The molecule has 0 saturated carbocycles. The van der Waals surface area contributed by atoms with Crippen molar-refractivity contribution in [3.05, 3.63) is 66.4 Å². The monoisotopic (exact) mass is 391 g/mol. The molecule has 4 rings (SSSR count). The van der Waals surface area contributed by atoms with E-state index in [4.69, 9.17) is 9.47 Å². The minimum absolute atomic E-state index is 0.0629. The van der Waals surface area contributed by atoms with Gasteiger partial charge in [-0.1, -0.05) is 30.3 Å². The highest BCUT2D eigenvalue weighted by molar-refractivity contribution is 6.00. The molecule has 0 spiro atoms. The van der Waals surface area contributed by atoms with Crippen LogP contribution in [0.5, 0.6) is 11.5 Å². The van der Waals surface area contributed by atoms with Crippen LogP contribution in [0.3, 0.4) is 0 Å². The molecule has 1 fully saturated rings. The number of benzene rings is 2. The minimum atomic E-state index is 0.0629. The van der Waals surface area contributed by atoms with Crippen molar-refractivity contribution in [2.75, 3.05) is 45.3 Å². The van der Waals surface area contributed by atoms with Crippen LogP contribution < -0.4 is 14.4 Å². The molecular weight excluding hydrogens is 366 g/mol. The van der Waals surface area contributed by atoms with Crippen molar-refractivity contribution in [2.24, 2.45) is 0 Å². The zero-order chi connectivity index (χ0) is 20.2. The highest BCUT2D eigenvalue weighted by Gasteiger charge is 2.25. The fourth-order valence-corrected chi connectivity index (χ4v) is 3.70. The number of amides is 1. The third-order valence-electron chi connectivity index (χ3n) is 5.31. The Morgan fingerprint density at radius 2 is 1.55 bits per heavy atom. The van der Waals surface area contributed by atoms with Gasteiger partial charge < -0.3 is 24.3 Å². The Labute approximate surface area is 170 Å². The van der Waals surface area contributed by atoms with E-state index >= 15 is 0 Å². The number of hydrogen-bond donors (Lipinski definition) is 1. The second kappa shape index (κ2) is 8.31. The first-order valence-electron chi connectivity index (χ1n) is 9.69. The molecule has 2 aromatic carbocycles. The smallest absolute Gasteiger partial charge is 0.256 e. The molecule has 0 aliphatic carbocycles. The largest absolute Gasteiger partial charge is 0.497 e. The molecule has 2 heterocycles. The number of aromatic nitrogens is 1. The van der Waals surface area contributed by atoms with E-state index in [1.807, 2.05) is 65.7 Å². The average Bonchev–Trinajstić information content (AvgIpc) is 3.29. The van der Waals surface area contributed by atoms with Gasteiger partial charge in [-0.15, -0.1) is 0 Å². The molecule has 1 amide bonds. The Kier molecular flexibility index (Phi) is 5.42. The van der Waals surface area contributed by atoms with E-state index in [-0.39, 0.29) is 5.91 Å². The molecule has 0 atom stereocenters. The number of hydrogen-bond acceptors (Lipinski definition) is 4. The Hall–Kier alpha value is -3.41. The van der Waals surface area contributed by atoms with Crippen LogP contribution in [0.1, 0.15) is 10.4 Å². The van der Waals surface area contributed by atoms with Crippen LogP contribution in [0.25, 0.3) is 11.3 Å². The molecule has 1 aliphatic rings. The maximum atomic E-state index is 13.1. The van der Waals surface area contributed by atoms with Gasteiger partial charge in [0.25, 0.3) is 5.91 Å². The molecule has 1 N–H and O–H groups in total. The number of anilines is 1. The van der Waals surface area contributed by atoms with E-state index in [9.17, 15) is 4.79 Å². The number of nitrogens with zero attached hydrogens (tertiary/aromatic N) is 2. The lowest BCUT2D eigenvalue weighted by molar-refractivity contribution is 0.0747. The van der Waals surface area contributed by atoms with Crippen LogP contribution in [0.15, 0.2) is 60.8 Å². The zero-order valence-electron chi connectivity index (χ0n) is 16.7. The summed E-state index contributed by atoms with van der Waals surface area (Å²) in [5.41, 5.74) is 3.64. The number of piperazine rings is 1. The molecule has 6 heteroatoms. The third-order valence-corrected chi connectivity index (χ3v) is 5.31. The highest BCUT2D eigenvalue weighted by Crippen LogP contribution is 2.29. The van der Waals surface area contributed by atoms with E-state index in [1.54, 1.807) is 14.2 Å². The highest BCUT2D eigenvalue weighted by atomic mass is 16.5. The normalized spacial score (nSPS) is 14.0. The van der Waals surface area contributed by atoms with Crippen LogP contribution >= 0.6 is 0 Å². The first-order chi connectivity index (χ1) is 14.2. The summed E-state index contributed by atoms with van der Waals surface area (Å²) in [6.07, 6.45) is 1.83. The third kappa shape index (κ3) is 3.92. The first kappa shape index (κ1) is 18.9. The summed E-state index contributed by atoms with van der Waals surface area (Å²) in [4.78, 5) is 20.5. The van der Waals surface area contributed by atoms with Crippen molar-refractivity contribution in [1.82, 2.24) is 9.88 Å². The lowest BCUT2D eigenvalue weighted by atomic mass is 10.1. The van der Waals surface area contributed by atoms with Gasteiger partial charge in [0.05, 0.1) is 25.5 Å². The molecule has 1 aromatic heterocycles. The average molecular weight is 391 g/mol. The number of nitrogens with one attached hydrogen (secondary N) is 1. The van der Waals surface area contributed by atoms with Gasteiger partial charge in [-0.2, -0.15) is 0 Å². The van der Waals surface area contributed by atoms with E-state index in [2.05, 4.69) is 9.88 Å². The van der Waals surface area contributed by atoms with Crippen molar-refractivity contribution in [2.45, 2.75) is 0 Å². The Bertz CT molecular complexity index is 954. The summed E-state index contributed by atoms with van der Waals surface area (Å²) in [5, 5.41) is 0. The molecular formula is C23H25N3O3. The summed E-state index contributed by atoms with van der Waals surface area (Å²) in [7, 11) is 3.30. The van der Waals surface area contributed by atoms with Crippen LogP contribution in [0.4, 0.5) is 5.69 Å². The van der Waals surface area contributed by atoms with Crippen LogP contribution in [0, 0.1) is 0 Å². The van der Waals surface area contributed by atoms with Crippen molar-refractivity contribution in [3.63, 3.8) is 0 Å². The summed E-state index contributed by atoms with van der Waals surface area (Å²) in [5.74, 6) is 1.59. The Morgan fingerprint density at radius 3 is 2.17 bits per heavy atom. The topological polar surface area (TPSA) is 57.8 Å². The van der Waals surface area contributed by atoms with Gasteiger partial charge in [-0.05, 0) is 11.6 Å². The molecule has 6 nitrogen and oxygen atoms in total. The predicted molar refractivity (Wildman–Crippen MR) is 114 cm³/mol. The van der Waals surface area contributed by atoms with E-state index in [0.717, 1.165) is 41.5 Å². The van der Waals surface area contributed by atoms with Crippen LogP contribution in [-0.2, 0) is 0 Å². The van der Waals surface area contributed by atoms with Gasteiger partial charge in [0.15, 0.2) is 0 Å². The van der Waals surface area contributed by atoms with E-state index in [0.29, 0.717) is 18.7 Å². The Morgan fingerprint density at radius 1 is 0.897 bits per heavy atom. The molecule has 1 aliphatic heterocycles. The van der Waals surface area contributed by atoms with Crippen molar-refractivity contribution in [3.8, 4) is 22.8 Å². The molecule has 0 radical (unpaired) electrons. The number of carbonyl (C=O) groups is 1. The zero-order valence-corrected chi connectivity index (χ0v) is 16.7. The number of methoxy groups -OCH3 is 2. The number of ether oxygens (including phenoxy) is 2. The molecule has 0 bridgehead atoms. The van der Waals surface area contributed by atoms with Crippen LogP contribution in [-0.4, -0.2) is 56.2 Å². The fourth-order valence-electron chi connectivity index (χ4n) is 3.70. The molecule has 1 saturated heterocycles. The van der Waals surface area contributed by atoms with Crippen molar-refractivity contribution < 1.29 is 14.3 Å². The number of rotatable bonds is 5. The predicted octanol–water partition coefficient (Wildman–Crippen LogP) is 3.66. The number of carbonyl (C=O) groups excluding carboxylic acids is 1. The quantitative estimate of drug-likeness (QED) is 0.721. The van der Waals surface area contributed by atoms with Gasteiger partial charge in [0.2, 0.25) is 0 Å². The van der Waals surface area contributed by atoms with E-state index in [1.165, 1.54) is 0 Å². The molecule has 3 aromatic rings. The Balaban J connectivity index is 1.47. The van der Waals surface area contributed by atoms with E-state index < -0.39 is 0 Å². The summed E-state index contributed by atoms with van der Waals surface area (Å²) in [6, 6.07) is 17.7. The maximum Gasteiger partial charge on any atom is 0.256 e. The lowest BCUT2D eigenvalue weighted by Crippen LogP contribution is -2.48. The summed E-state index contributed by atoms with van der Waals surface area (Å²) >= 11 is 0. The van der Waals surface area contributed by atoms with Gasteiger partial charge in [-0.25, -0.2) is 0 Å². The number of H-pyrrole nitrogens is 1. The van der Waals surface area contributed by atoms with Crippen molar-refractivity contribution >= 4 is 11.6 Å². The summed E-state index contributed by atoms with van der Waals surface area (Å²) in [6.45, 7) is 2.84. The van der Waals surface area contributed by atoms with Crippen molar-refractivity contribution in [1.29, 1.82) is 0 Å². The standard InChI is InChI=1S/C23H25N3O3/c1-28-19-14-18(15-20(16-19)29-2)25-10-12-26(13-11-25)23(27)21-8-9-24-22(21)17-6-4-3-5-7-17/h3-9,14-16,24H,10-13H2,1-2H3. The van der Waals surface area contributed by atoms with Gasteiger partial charge >= 0.3 is 0 Å². The lowest BCUT2D eigenvalue weighted by Gasteiger charge is -2.36.